The van der Waals surface area contributed by atoms with E-state index in [4.69, 9.17) is 9.25 Å². The summed E-state index contributed by atoms with van der Waals surface area (Å²) in [7, 11) is 0. The quantitative estimate of drug-likeness (QED) is 0.123. The number of rotatable bonds is 6. The zero-order valence-electron chi connectivity index (χ0n) is 20.4. The second-order valence-corrected chi connectivity index (χ2v) is 10.5. The number of ketones is 1. The fourth-order valence-corrected chi connectivity index (χ4v) is 4.34. The number of carbonyl (C=O) groups excluding carboxylic acids is 2. The van der Waals surface area contributed by atoms with Crippen molar-refractivity contribution in [2.24, 2.45) is 5.16 Å². The molecule has 1 aromatic heterocycles. The molecular weight excluding hydrogens is 458 g/mol. The largest absolute Gasteiger partial charge is 0.453 e. The molecule has 0 N–H and O–H groups in total. The molecule has 0 unspecified atom stereocenters. The SMILES string of the molecule is CC(=O)O/N=C(/C)c1ccc(Sc2ccc(C(=O)c3cc4cc(C(C)(C)C)ccc4o3)cc2)cc1. The topological polar surface area (TPSA) is 68.9 Å². The predicted octanol–water partition coefficient (Wildman–Crippen LogP) is 7.40. The Bertz CT molecular complexity index is 1410. The summed E-state index contributed by atoms with van der Waals surface area (Å²) in [4.78, 5) is 30.7. The van der Waals surface area contributed by atoms with Crippen LogP contribution in [0.5, 0.6) is 0 Å². The molecule has 0 fully saturated rings. The Morgan fingerprint density at radius 2 is 1.43 bits per heavy atom. The van der Waals surface area contributed by atoms with Gasteiger partial charge < -0.3 is 9.25 Å². The highest BCUT2D eigenvalue weighted by Crippen LogP contribution is 2.30. The van der Waals surface area contributed by atoms with Crippen LogP contribution in [0.3, 0.4) is 0 Å². The van der Waals surface area contributed by atoms with Crippen molar-refractivity contribution in [3.8, 4) is 0 Å². The van der Waals surface area contributed by atoms with Gasteiger partial charge in [0, 0.05) is 27.7 Å². The van der Waals surface area contributed by atoms with Crippen LogP contribution in [0.15, 0.2) is 92.2 Å². The maximum Gasteiger partial charge on any atom is 0.331 e. The van der Waals surface area contributed by atoms with Crippen molar-refractivity contribution < 1.29 is 18.8 Å². The number of oxime groups is 1. The Labute approximate surface area is 209 Å². The summed E-state index contributed by atoms with van der Waals surface area (Å²) in [5.41, 5.74) is 4.02. The molecule has 178 valence electrons. The number of nitrogens with zero attached hydrogens (tertiary/aromatic N) is 1. The molecule has 0 saturated carbocycles. The van der Waals surface area contributed by atoms with Gasteiger partial charge in [-0.2, -0.15) is 0 Å². The second kappa shape index (κ2) is 9.92. The van der Waals surface area contributed by atoms with Crippen LogP contribution >= 0.6 is 11.8 Å². The Morgan fingerprint density at radius 1 is 0.829 bits per heavy atom. The van der Waals surface area contributed by atoms with Gasteiger partial charge in [-0.05, 0) is 78.1 Å². The number of benzene rings is 3. The van der Waals surface area contributed by atoms with Crippen LogP contribution in [0.2, 0.25) is 0 Å². The summed E-state index contributed by atoms with van der Waals surface area (Å²) in [5.74, 6) is -0.247. The molecule has 3 aromatic carbocycles. The van der Waals surface area contributed by atoms with E-state index in [0.717, 1.165) is 20.7 Å². The van der Waals surface area contributed by atoms with E-state index >= 15 is 0 Å². The highest BCUT2D eigenvalue weighted by molar-refractivity contribution is 7.99. The second-order valence-electron chi connectivity index (χ2n) is 9.35. The molecule has 4 aromatic rings. The van der Waals surface area contributed by atoms with Gasteiger partial charge in [-0.3, -0.25) is 4.79 Å². The Hall–Kier alpha value is -3.64. The van der Waals surface area contributed by atoms with Crippen LogP contribution < -0.4 is 0 Å². The molecule has 6 heteroatoms. The smallest absolute Gasteiger partial charge is 0.331 e. The lowest BCUT2D eigenvalue weighted by Crippen LogP contribution is -2.10. The molecule has 0 radical (unpaired) electrons. The van der Waals surface area contributed by atoms with Gasteiger partial charge in [-0.25, -0.2) is 4.79 Å². The summed E-state index contributed by atoms with van der Waals surface area (Å²) in [5, 5.41) is 4.74. The minimum absolute atomic E-state index is 0.0276. The minimum Gasteiger partial charge on any atom is -0.453 e. The van der Waals surface area contributed by atoms with E-state index in [1.54, 1.807) is 18.7 Å². The molecule has 0 aliphatic carbocycles. The Morgan fingerprint density at radius 3 is 2.00 bits per heavy atom. The zero-order chi connectivity index (χ0) is 25.2. The highest BCUT2D eigenvalue weighted by Gasteiger charge is 2.18. The van der Waals surface area contributed by atoms with E-state index in [1.165, 1.54) is 12.5 Å². The molecule has 0 spiro atoms. The highest BCUT2D eigenvalue weighted by atomic mass is 32.2. The first-order chi connectivity index (χ1) is 16.6. The maximum atomic E-state index is 13.0. The van der Waals surface area contributed by atoms with E-state index < -0.39 is 5.97 Å². The molecular formula is C29H27NO4S. The molecule has 0 aliphatic heterocycles. The van der Waals surface area contributed by atoms with Crippen molar-refractivity contribution in [1.82, 2.24) is 0 Å². The molecule has 5 nitrogen and oxygen atoms in total. The van der Waals surface area contributed by atoms with Crippen LogP contribution in [0.1, 0.15) is 61.9 Å². The van der Waals surface area contributed by atoms with Crippen LogP contribution in [0, 0.1) is 0 Å². The van der Waals surface area contributed by atoms with Crippen LogP contribution in [-0.4, -0.2) is 17.5 Å². The number of carbonyl (C=O) groups is 2. The van der Waals surface area contributed by atoms with Gasteiger partial charge >= 0.3 is 5.97 Å². The van der Waals surface area contributed by atoms with E-state index in [2.05, 4.69) is 32.0 Å². The number of fused-ring (bicyclic) bond motifs is 1. The van der Waals surface area contributed by atoms with E-state index in [-0.39, 0.29) is 11.2 Å². The third-order valence-electron chi connectivity index (χ3n) is 5.54. The van der Waals surface area contributed by atoms with E-state index in [9.17, 15) is 9.59 Å². The summed E-state index contributed by atoms with van der Waals surface area (Å²) in [6, 6.07) is 23.2. The van der Waals surface area contributed by atoms with E-state index in [1.807, 2.05) is 66.7 Å². The standard InChI is InChI=1S/C29H27NO4S/c1-18(30-34-19(2)31)20-6-11-24(12-7-20)35-25-13-8-21(9-14-25)28(32)27-17-22-16-23(29(3,4)5)10-15-26(22)33-27/h6-17H,1-5H3/b30-18-. The van der Waals surface area contributed by atoms with Gasteiger partial charge in [0.15, 0.2) is 5.76 Å². The minimum atomic E-state index is -0.451. The summed E-state index contributed by atoms with van der Waals surface area (Å²) in [6.45, 7) is 9.58. The zero-order valence-corrected chi connectivity index (χ0v) is 21.2. The average molecular weight is 486 g/mol. The predicted molar refractivity (Wildman–Crippen MR) is 139 cm³/mol. The van der Waals surface area contributed by atoms with Crippen molar-refractivity contribution in [3.05, 3.63) is 95.2 Å². The maximum absolute atomic E-state index is 13.0. The number of hydrogen-bond donors (Lipinski definition) is 0. The lowest BCUT2D eigenvalue weighted by atomic mass is 9.86. The lowest BCUT2D eigenvalue weighted by molar-refractivity contribution is -0.140. The molecule has 0 bridgehead atoms. The van der Waals surface area contributed by atoms with E-state index in [0.29, 0.717) is 22.6 Å². The Kier molecular flexibility index (Phi) is 6.94. The monoisotopic (exact) mass is 485 g/mol. The average Bonchev–Trinajstić information content (AvgIpc) is 3.26. The normalized spacial score (nSPS) is 12.1. The van der Waals surface area contributed by atoms with Gasteiger partial charge in [0.05, 0.1) is 5.71 Å². The fourth-order valence-electron chi connectivity index (χ4n) is 3.52. The van der Waals surface area contributed by atoms with Gasteiger partial charge in [-0.15, -0.1) is 0 Å². The van der Waals surface area contributed by atoms with Gasteiger partial charge in [0.1, 0.15) is 5.58 Å². The fraction of sp³-hybridized carbons (Fsp3) is 0.207. The lowest BCUT2D eigenvalue weighted by Gasteiger charge is -2.18. The van der Waals surface area contributed by atoms with Crippen molar-refractivity contribution >= 4 is 40.2 Å². The Balaban J connectivity index is 1.45. The number of furan rings is 1. The molecule has 0 amide bonds. The van der Waals surface area contributed by atoms with Crippen LogP contribution in [-0.2, 0) is 15.0 Å². The molecule has 0 atom stereocenters. The van der Waals surface area contributed by atoms with Crippen molar-refractivity contribution in [2.75, 3.05) is 0 Å². The molecule has 4 rings (SSSR count). The van der Waals surface area contributed by atoms with Crippen molar-refractivity contribution in [1.29, 1.82) is 0 Å². The van der Waals surface area contributed by atoms with Crippen molar-refractivity contribution in [2.45, 2.75) is 49.8 Å². The summed E-state index contributed by atoms with van der Waals surface area (Å²) in [6.07, 6.45) is 0. The molecule has 1 heterocycles. The molecule has 0 aliphatic rings. The van der Waals surface area contributed by atoms with Gasteiger partial charge in [0.25, 0.3) is 0 Å². The molecule has 0 saturated heterocycles. The van der Waals surface area contributed by atoms with Crippen LogP contribution in [0.4, 0.5) is 0 Å². The first-order valence-corrected chi connectivity index (χ1v) is 12.1. The molecule has 35 heavy (non-hydrogen) atoms. The number of hydrogen-bond acceptors (Lipinski definition) is 6. The van der Waals surface area contributed by atoms with Gasteiger partial charge in [0.2, 0.25) is 5.78 Å². The summed E-state index contributed by atoms with van der Waals surface area (Å²) >= 11 is 1.59. The third-order valence-corrected chi connectivity index (χ3v) is 6.56. The van der Waals surface area contributed by atoms with Crippen LogP contribution in [0.25, 0.3) is 11.0 Å². The first kappa shape index (κ1) is 24.5. The van der Waals surface area contributed by atoms with Gasteiger partial charge in [-0.1, -0.05) is 55.9 Å². The van der Waals surface area contributed by atoms with Crippen molar-refractivity contribution in [3.63, 3.8) is 0 Å². The first-order valence-electron chi connectivity index (χ1n) is 11.3. The third kappa shape index (κ3) is 5.89. The summed E-state index contributed by atoms with van der Waals surface area (Å²) < 4.78 is 5.85.